The van der Waals surface area contributed by atoms with Gasteiger partial charge in [0.25, 0.3) is 0 Å². The summed E-state index contributed by atoms with van der Waals surface area (Å²) in [7, 11) is 0. The van der Waals surface area contributed by atoms with Crippen LogP contribution in [0.1, 0.15) is 18.7 Å². The average Bonchev–Trinajstić information content (AvgIpc) is 2.50. The van der Waals surface area contributed by atoms with Crippen LogP contribution in [0.2, 0.25) is 5.02 Å². The van der Waals surface area contributed by atoms with Crippen LogP contribution in [0.4, 0.5) is 0 Å². The van der Waals surface area contributed by atoms with Crippen molar-refractivity contribution in [2.24, 2.45) is 0 Å². The Hall–Kier alpha value is -0.580. The second-order valence-electron chi connectivity index (χ2n) is 3.59. The Balaban J connectivity index is 3.01. The van der Waals surface area contributed by atoms with Crippen molar-refractivity contribution in [3.8, 4) is 0 Å². The van der Waals surface area contributed by atoms with E-state index in [1.807, 2.05) is 0 Å². The number of carboxylic acid groups (broad SMARTS) is 1. The predicted molar refractivity (Wildman–Crippen MR) is 56.0 cm³/mol. The van der Waals surface area contributed by atoms with Crippen LogP contribution in [0.15, 0.2) is 11.4 Å². The molecule has 0 radical (unpaired) electrons. The number of hydrogen-bond acceptors (Lipinski definition) is 3. The Labute approximate surface area is 90.9 Å². The SMILES string of the molecule is CC(C)(c1cc(Cl)cs1)C(O)C(=O)O. The molecule has 0 saturated heterocycles. The molecule has 0 bridgehead atoms. The van der Waals surface area contributed by atoms with Gasteiger partial charge in [0.1, 0.15) is 0 Å². The molecule has 0 aliphatic carbocycles. The van der Waals surface area contributed by atoms with Crippen molar-refractivity contribution in [3.05, 3.63) is 21.3 Å². The lowest BCUT2D eigenvalue weighted by Gasteiger charge is -2.26. The highest BCUT2D eigenvalue weighted by Crippen LogP contribution is 2.33. The summed E-state index contributed by atoms with van der Waals surface area (Å²) < 4.78 is 0. The third-order valence-corrected chi connectivity index (χ3v) is 3.74. The van der Waals surface area contributed by atoms with E-state index < -0.39 is 17.5 Å². The maximum Gasteiger partial charge on any atom is 0.333 e. The Morgan fingerprint density at radius 3 is 2.57 bits per heavy atom. The quantitative estimate of drug-likeness (QED) is 0.843. The molecule has 0 saturated carbocycles. The maximum absolute atomic E-state index is 10.6. The van der Waals surface area contributed by atoms with Crippen LogP contribution < -0.4 is 0 Å². The number of thiophene rings is 1. The van der Waals surface area contributed by atoms with Crippen molar-refractivity contribution < 1.29 is 15.0 Å². The van der Waals surface area contributed by atoms with Crippen LogP contribution in [0, 0.1) is 0 Å². The normalized spacial score (nSPS) is 14.0. The zero-order chi connectivity index (χ0) is 10.9. The number of aliphatic carboxylic acids is 1. The van der Waals surface area contributed by atoms with E-state index in [0.717, 1.165) is 4.88 Å². The monoisotopic (exact) mass is 234 g/mol. The summed E-state index contributed by atoms with van der Waals surface area (Å²) in [5.41, 5.74) is -0.816. The highest BCUT2D eigenvalue weighted by molar-refractivity contribution is 7.10. The maximum atomic E-state index is 10.6. The van der Waals surface area contributed by atoms with E-state index in [-0.39, 0.29) is 0 Å². The van der Waals surface area contributed by atoms with Crippen LogP contribution >= 0.6 is 22.9 Å². The first kappa shape index (κ1) is 11.5. The van der Waals surface area contributed by atoms with Crippen molar-refractivity contribution in [2.45, 2.75) is 25.4 Å². The predicted octanol–water partition coefficient (Wildman–Crippen LogP) is 2.12. The van der Waals surface area contributed by atoms with Gasteiger partial charge in [-0.3, -0.25) is 0 Å². The smallest absolute Gasteiger partial charge is 0.333 e. The Bertz CT molecular complexity index is 346. The molecule has 0 aliphatic heterocycles. The molecule has 78 valence electrons. The fraction of sp³-hybridized carbons (Fsp3) is 0.444. The number of carbonyl (C=O) groups is 1. The molecule has 1 heterocycles. The van der Waals surface area contributed by atoms with E-state index in [4.69, 9.17) is 16.7 Å². The molecule has 0 aliphatic rings. The van der Waals surface area contributed by atoms with Gasteiger partial charge in [-0.05, 0) is 6.07 Å². The zero-order valence-corrected chi connectivity index (χ0v) is 9.39. The standard InChI is InChI=1S/C9H11ClO3S/c1-9(2,7(11)8(12)13)6-3-5(10)4-14-6/h3-4,7,11H,1-2H3,(H,12,13). The molecule has 5 heteroatoms. The number of aliphatic hydroxyl groups excluding tert-OH is 1. The number of hydrogen-bond donors (Lipinski definition) is 2. The molecule has 1 rings (SSSR count). The van der Waals surface area contributed by atoms with E-state index in [0.29, 0.717) is 5.02 Å². The third kappa shape index (κ3) is 2.08. The molecule has 14 heavy (non-hydrogen) atoms. The second-order valence-corrected chi connectivity index (χ2v) is 4.94. The van der Waals surface area contributed by atoms with Gasteiger partial charge in [-0.1, -0.05) is 25.4 Å². The molecule has 2 N–H and O–H groups in total. The molecule has 0 fully saturated rings. The minimum absolute atomic E-state index is 0.565. The summed E-state index contributed by atoms with van der Waals surface area (Å²) in [6, 6.07) is 1.68. The number of aliphatic hydroxyl groups is 1. The van der Waals surface area contributed by atoms with Crippen molar-refractivity contribution in [1.82, 2.24) is 0 Å². The minimum atomic E-state index is -1.42. The molecule has 1 aromatic rings. The van der Waals surface area contributed by atoms with Gasteiger partial charge in [0.15, 0.2) is 6.10 Å². The molecule has 3 nitrogen and oxygen atoms in total. The van der Waals surface area contributed by atoms with Gasteiger partial charge in [0.2, 0.25) is 0 Å². The van der Waals surface area contributed by atoms with Gasteiger partial charge in [-0.15, -0.1) is 11.3 Å². The largest absolute Gasteiger partial charge is 0.479 e. The number of halogens is 1. The lowest BCUT2D eigenvalue weighted by Crippen LogP contribution is -2.39. The van der Waals surface area contributed by atoms with E-state index >= 15 is 0 Å². The Morgan fingerprint density at radius 1 is 1.64 bits per heavy atom. The highest BCUT2D eigenvalue weighted by atomic mass is 35.5. The number of rotatable bonds is 3. The van der Waals surface area contributed by atoms with Gasteiger partial charge < -0.3 is 10.2 Å². The topological polar surface area (TPSA) is 57.5 Å². The van der Waals surface area contributed by atoms with Gasteiger partial charge in [0, 0.05) is 15.7 Å². The van der Waals surface area contributed by atoms with E-state index in [1.54, 1.807) is 25.3 Å². The Morgan fingerprint density at radius 2 is 2.21 bits per heavy atom. The van der Waals surface area contributed by atoms with Crippen LogP contribution in [-0.4, -0.2) is 22.3 Å². The Kier molecular flexibility index (Phi) is 3.19. The van der Waals surface area contributed by atoms with Gasteiger partial charge in [0.05, 0.1) is 5.02 Å². The highest BCUT2D eigenvalue weighted by Gasteiger charge is 2.36. The lowest BCUT2D eigenvalue weighted by atomic mass is 9.85. The van der Waals surface area contributed by atoms with Gasteiger partial charge >= 0.3 is 5.97 Å². The summed E-state index contributed by atoms with van der Waals surface area (Å²) in [4.78, 5) is 11.4. The first-order valence-corrected chi connectivity index (χ1v) is 5.27. The van der Waals surface area contributed by atoms with Crippen molar-refractivity contribution in [1.29, 1.82) is 0 Å². The van der Waals surface area contributed by atoms with Crippen molar-refractivity contribution in [3.63, 3.8) is 0 Å². The average molecular weight is 235 g/mol. The van der Waals surface area contributed by atoms with E-state index in [2.05, 4.69) is 0 Å². The van der Waals surface area contributed by atoms with Gasteiger partial charge in [-0.2, -0.15) is 0 Å². The van der Waals surface area contributed by atoms with Crippen molar-refractivity contribution >= 4 is 28.9 Å². The molecule has 0 aromatic carbocycles. The first-order valence-electron chi connectivity index (χ1n) is 4.01. The molecule has 0 spiro atoms. The van der Waals surface area contributed by atoms with Crippen LogP contribution in [0.25, 0.3) is 0 Å². The zero-order valence-electron chi connectivity index (χ0n) is 7.82. The van der Waals surface area contributed by atoms with Gasteiger partial charge in [-0.25, -0.2) is 4.79 Å². The van der Waals surface area contributed by atoms with Crippen molar-refractivity contribution in [2.75, 3.05) is 0 Å². The molecule has 1 aromatic heterocycles. The molecule has 0 amide bonds. The fourth-order valence-corrected chi connectivity index (χ4v) is 2.32. The first-order chi connectivity index (χ1) is 6.35. The van der Waals surface area contributed by atoms with E-state index in [9.17, 15) is 9.90 Å². The summed E-state index contributed by atoms with van der Waals surface area (Å²) >= 11 is 7.08. The van der Waals surface area contributed by atoms with Crippen LogP contribution in [0.3, 0.4) is 0 Å². The van der Waals surface area contributed by atoms with E-state index in [1.165, 1.54) is 11.3 Å². The second kappa shape index (κ2) is 3.88. The third-order valence-electron chi connectivity index (χ3n) is 2.12. The minimum Gasteiger partial charge on any atom is -0.479 e. The molecule has 1 unspecified atom stereocenters. The molecule has 1 atom stereocenters. The summed E-state index contributed by atoms with van der Waals surface area (Å²) in [6.07, 6.45) is -1.42. The lowest BCUT2D eigenvalue weighted by molar-refractivity contribution is -0.150. The number of carboxylic acids is 1. The van der Waals surface area contributed by atoms with Crippen LogP contribution in [-0.2, 0) is 10.2 Å². The molecular weight excluding hydrogens is 224 g/mol. The summed E-state index contributed by atoms with van der Waals surface area (Å²) in [6.45, 7) is 3.35. The summed E-state index contributed by atoms with van der Waals surface area (Å²) in [5.74, 6) is -1.22. The van der Waals surface area contributed by atoms with Crippen LogP contribution in [0.5, 0.6) is 0 Å². The summed E-state index contributed by atoms with van der Waals surface area (Å²) in [5, 5.41) is 20.5. The molecular formula is C9H11ClO3S. The fourth-order valence-electron chi connectivity index (χ4n) is 1.09.